The van der Waals surface area contributed by atoms with Gasteiger partial charge in [-0.3, -0.25) is 4.79 Å². The van der Waals surface area contributed by atoms with Gasteiger partial charge in [-0.25, -0.2) is 4.68 Å². The summed E-state index contributed by atoms with van der Waals surface area (Å²) in [6.45, 7) is 5.13. The highest BCUT2D eigenvalue weighted by Crippen LogP contribution is 2.10. The van der Waals surface area contributed by atoms with Crippen molar-refractivity contribution in [2.24, 2.45) is 5.92 Å². The number of anilines is 1. The van der Waals surface area contributed by atoms with Gasteiger partial charge in [0.05, 0.1) is 6.54 Å². The van der Waals surface area contributed by atoms with E-state index in [-0.39, 0.29) is 17.4 Å². The molecule has 0 radical (unpaired) electrons. The first kappa shape index (κ1) is 14.0. The molecule has 2 aromatic rings. The predicted molar refractivity (Wildman–Crippen MR) is 77.1 cm³/mol. The summed E-state index contributed by atoms with van der Waals surface area (Å²) in [5, 5.41) is 10.6. The Morgan fingerprint density at radius 1 is 1.35 bits per heavy atom. The standard InChI is InChI=1S/C14H19N5O/c1-10(2)8-16-14(20)12-13(15)19(18-17-12)9-11-6-4-3-5-7-11/h3-7,10H,8-9,15H2,1-2H3,(H,16,20). The zero-order valence-electron chi connectivity index (χ0n) is 11.7. The summed E-state index contributed by atoms with van der Waals surface area (Å²) in [4.78, 5) is 11.9. The normalized spacial score (nSPS) is 10.8. The molecule has 6 nitrogen and oxygen atoms in total. The van der Waals surface area contributed by atoms with Crippen LogP contribution in [-0.2, 0) is 6.54 Å². The number of nitrogen functional groups attached to an aromatic ring is 1. The maximum Gasteiger partial charge on any atom is 0.275 e. The number of carbonyl (C=O) groups is 1. The number of amides is 1. The summed E-state index contributed by atoms with van der Waals surface area (Å²) in [6, 6.07) is 9.77. The number of benzene rings is 1. The minimum absolute atomic E-state index is 0.182. The predicted octanol–water partition coefficient (Wildman–Crippen LogP) is 1.29. The van der Waals surface area contributed by atoms with Crippen molar-refractivity contribution < 1.29 is 4.79 Å². The molecule has 1 amide bonds. The van der Waals surface area contributed by atoms with E-state index < -0.39 is 0 Å². The lowest BCUT2D eigenvalue weighted by Gasteiger charge is -2.06. The zero-order valence-corrected chi connectivity index (χ0v) is 11.7. The molecule has 0 atom stereocenters. The molecular formula is C14H19N5O. The second-order valence-corrected chi connectivity index (χ2v) is 5.07. The molecule has 1 aromatic carbocycles. The fourth-order valence-electron chi connectivity index (χ4n) is 1.74. The van der Waals surface area contributed by atoms with Crippen LogP contribution in [0.25, 0.3) is 0 Å². The van der Waals surface area contributed by atoms with E-state index in [2.05, 4.69) is 15.6 Å². The summed E-state index contributed by atoms with van der Waals surface area (Å²) in [6.07, 6.45) is 0. The van der Waals surface area contributed by atoms with Crippen molar-refractivity contribution >= 4 is 11.7 Å². The molecule has 6 heteroatoms. The van der Waals surface area contributed by atoms with Gasteiger partial charge in [0.25, 0.3) is 5.91 Å². The molecule has 0 spiro atoms. The molecule has 0 aliphatic rings. The van der Waals surface area contributed by atoms with Crippen LogP contribution in [0, 0.1) is 5.92 Å². The Balaban J connectivity index is 2.09. The van der Waals surface area contributed by atoms with Crippen molar-refractivity contribution in [2.75, 3.05) is 12.3 Å². The molecule has 0 fully saturated rings. The molecule has 0 saturated carbocycles. The monoisotopic (exact) mass is 273 g/mol. The highest BCUT2D eigenvalue weighted by molar-refractivity contribution is 5.96. The second-order valence-electron chi connectivity index (χ2n) is 5.07. The smallest absolute Gasteiger partial charge is 0.275 e. The summed E-state index contributed by atoms with van der Waals surface area (Å²) in [5.41, 5.74) is 7.17. The van der Waals surface area contributed by atoms with Crippen LogP contribution in [-0.4, -0.2) is 27.4 Å². The molecule has 1 aromatic heterocycles. The number of hydrogen-bond acceptors (Lipinski definition) is 4. The number of nitrogens with two attached hydrogens (primary N) is 1. The van der Waals surface area contributed by atoms with Gasteiger partial charge in [-0.1, -0.05) is 49.4 Å². The van der Waals surface area contributed by atoms with Gasteiger partial charge in [-0.05, 0) is 11.5 Å². The summed E-state index contributed by atoms with van der Waals surface area (Å²) in [5.74, 6) is 0.380. The molecule has 2 rings (SSSR count). The van der Waals surface area contributed by atoms with Gasteiger partial charge < -0.3 is 11.1 Å². The van der Waals surface area contributed by atoms with Gasteiger partial charge >= 0.3 is 0 Å². The Morgan fingerprint density at radius 3 is 2.70 bits per heavy atom. The lowest BCUT2D eigenvalue weighted by Crippen LogP contribution is -2.28. The Kier molecular flexibility index (Phi) is 4.34. The summed E-state index contributed by atoms with van der Waals surface area (Å²) >= 11 is 0. The van der Waals surface area contributed by atoms with Crippen molar-refractivity contribution in [1.82, 2.24) is 20.3 Å². The lowest BCUT2D eigenvalue weighted by atomic mass is 10.2. The van der Waals surface area contributed by atoms with E-state index in [4.69, 9.17) is 5.73 Å². The lowest BCUT2D eigenvalue weighted by molar-refractivity contribution is 0.0945. The molecule has 0 unspecified atom stereocenters. The Bertz CT molecular complexity index is 577. The van der Waals surface area contributed by atoms with Crippen LogP contribution in [0.4, 0.5) is 5.82 Å². The molecule has 0 aliphatic carbocycles. The topological polar surface area (TPSA) is 85.8 Å². The van der Waals surface area contributed by atoms with Gasteiger partial charge in [-0.15, -0.1) is 5.10 Å². The molecule has 106 valence electrons. The van der Waals surface area contributed by atoms with Crippen LogP contribution < -0.4 is 11.1 Å². The van der Waals surface area contributed by atoms with Crippen LogP contribution in [0.5, 0.6) is 0 Å². The molecule has 20 heavy (non-hydrogen) atoms. The third-order valence-corrected chi connectivity index (χ3v) is 2.83. The second kappa shape index (κ2) is 6.18. The fraction of sp³-hybridized carbons (Fsp3) is 0.357. The van der Waals surface area contributed by atoms with Gasteiger partial charge in [0, 0.05) is 6.54 Å². The Morgan fingerprint density at radius 2 is 2.05 bits per heavy atom. The van der Waals surface area contributed by atoms with E-state index in [0.29, 0.717) is 19.0 Å². The number of nitrogens with one attached hydrogen (secondary N) is 1. The third kappa shape index (κ3) is 3.34. The molecule has 3 N–H and O–H groups in total. The van der Waals surface area contributed by atoms with Crippen LogP contribution in [0.15, 0.2) is 30.3 Å². The van der Waals surface area contributed by atoms with Gasteiger partial charge in [-0.2, -0.15) is 0 Å². The number of rotatable bonds is 5. The summed E-state index contributed by atoms with van der Waals surface area (Å²) < 4.78 is 1.53. The maximum atomic E-state index is 11.9. The molecule has 0 bridgehead atoms. The van der Waals surface area contributed by atoms with Gasteiger partial charge in [0.1, 0.15) is 0 Å². The maximum absolute atomic E-state index is 11.9. The van der Waals surface area contributed by atoms with Crippen LogP contribution in [0.2, 0.25) is 0 Å². The van der Waals surface area contributed by atoms with Crippen LogP contribution >= 0.6 is 0 Å². The molecule has 1 heterocycles. The van der Waals surface area contributed by atoms with Crippen LogP contribution in [0.3, 0.4) is 0 Å². The molecule has 0 saturated heterocycles. The number of hydrogen-bond donors (Lipinski definition) is 2. The zero-order chi connectivity index (χ0) is 14.5. The first-order valence-electron chi connectivity index (χ1n) is 6.59. The van der Waals surface area contributed by atoms with Gasteiger partial charge in [0.2, 0.25) is 0 Å². The first-order valence-corrected chi connectivity index (χ1v) is 6.59. The Hall–Kier alpha value is -2.37. The van der Waals surface area contributed by atoms with E-state index in [1.54, 1.807) is 0 Å². The highest BCUT2D eigenvalue weighted by atomic mass is 16.2. The van der Waals surface area contributed by atoms with Crippen molar-refractivity contribution in [1.29, 1.82) is 0 Å². The minimum Gasteiger partial charge on any atom is -0.382 e. The van der Waals surface area contributed by atoms with Crippen molar-refractivity contribution in [3.8, 4) is 0 Å². The summed E-state index contributed by atoms with van der Waals surface area (Å²) in [7, 11) is 0. The number of carbonyl (C=O) groups excluding carboxylic acids is 1. The van der Waals surface area contributed by atoms with Crippen molar-refractivity contribution in [2.45, 2.75) is 20.4 Å². The number of aromatic nitrogens is 3. The van der Waals surface area contributed by atoms with E-state index in [0.717, 1.165) is 5.56 Å². The van der Waals surface area contributed by atoms with E-state index in [9.17, 15) is 4.79 Å². The van der Waals surface area contributed by atoms with E-state index >= 15 is 0 Å². The average Bonchev–Trinajstić information content (AvgIpc) is 2.79. The first-order chi connectivity index (χ1) is 9.58. The highest BCUT2D eigenvalue weighted by Gasteiger charge is 2.17. The van der Waals surface area contributed by atoms with E-state index in [1.807, 2.05) is 44.2 Å². The van der Waals surface area contributed by atoms with E-state index in [1.165, 1.54) is 4.68 Å². The minimum atomic E-state index is -0.282. The molecular weight excluding hydrogens is 254 g/mol. The third-order valence-electron chi connectivity index (χ3n) is 2.83. The average molecular weight is 273 g/mol. The quantitative estimate of drug-likeness (QED) is 0.859. The number of nitrogens with zero attached hydrogens (tertiary/aromatic N) is 3. The fourth-order valence-corrected chi connectivity index (χ4v) is 1.74. The van der Waals surface area contributed by atoms with Gasteiger partial charge in [0.15, 0.2) is 11.5 Å². The molecule has 0 aliphatic heterocycles. The van der Waals surface area contributed by atoms with Crippen molar-refractivity contribution in [3.63, 3.8) is 0 Å². The largest absolute Gasteiger partial charge is 0.382 e. The van der Waals surface area contributed by atoms with Crippen molar-refractivity contribution in [3.05, 3.63) is 41.6 Å². The SMILES string of the molecule is CC(C)CNC(=O)c1nnn(Cc2ccccc2)c1N. The Labute approximate surface area is 118 Å². The van der Waals surface area contributed by atoms with Crippen LogP contribution in [0.1, 0.15) is 29.9 Å².